The van der Waals surface area contributed by atoms with Crippen molar-refractivity contribution in [3.05, 3.63) is 51.5 Å². The molecule has 1 aromatic carbocycles. The fraction of sp³-hybridized carbons (Fsp3) is 0.444. The summed E-state index contributed by atoms with van der Waals surface area (Å²) in [6.45, 7) is 4.82. The Labute approximate surface area is 141 Å². The van der Waals surface area contributed by atoms with Gasteiger partial charge in [-0.2, -0.15) is 0 Å². The third kappa shape index (κ3) is 4.62. The number of amides is 1. The highest BCUT2D eigenvalue weighted by Crippen LogP contribution is 2.16. The topological polar surface area (TPSA) is 54.0 Å². The number of benzene rings is 1. The standard InChI is InChI=1S/C18H23N3OS/c1-13-12-23-17(21-13)6-8-20-18(22)16-4-2-3-14(10-16)9-15-5-7-19-11-15/h2-4,10,12,15,19H,5-9,11H2,1H3,(H,20,22). The first-order valence-corrected chi connectivity index (χ1v) is 9.07. The van der Waals surface area contributed by atoms with E-state index in [1.807, 2.05) is 30.5 Å². The smallest absolute Gasteiger partial charge is 0.251 e. The Kier molecular flexibility index (Phi) is 5.41. The van der Waals surface area contributed by atoms with Crippen LogP contribution in [0.15, 0.2) is 29.6 Å². The molecule has 1 unspecified atom stereocenters. The molecule has 0 spiro atoms. The quantitative estimate of drug-likeness (QED) is 0.856. The van der Waals surface area contributed by atoms with Crippen LogP contribution in [0.25, 0.3) is 0 Å². The normalized spacial score (nSPS) is 17.3. The average molecular weight is 329 g/mol. The van der Waals surface area contributed by atoms with E-state index >= 15 is 0 Å². The van der Waals surface area contributed by atoms with Gasteiger partial charge in [0, 0.05) is 29.6 Å². The van der Waals surface area contributed by atoms with Crippen molar-refractivity contribution < 1.29 is 4.79 Å². The predicted octanol–water partition coefficient (Wildman–Crippen LogP) is 2.58. The first-order valence-electron chi connectivity index (χ1n) is 8.19. The molecule has 1 aliphatic rings. The Morgan fingerprint density at radius 3 is 3.13 bits per heavy atom. The number of hydrogen-bond donors (Lipinski definition) is 2. The van der Waals surface area contributed by atoms with Crippen molar-refractivity contribution in [2.24, 2.45) is 5.92 Å². The number of aromatic nitrogens is 1. The lowest BCUT2D eigenvalue weighted by Gasteiger charge is -2.10. The van der Waals surface area contributed by atoms with Gasteiger partial charge >= 0.3 is 0 Å². The van der Waals surface area contributed by atoms with Crippen LogP contribution in [0.2, 0.25) is 0 Å². The van der Waals surface area contributed by atoms with Gasteiger partial charge in [0.25, 0.3) is 5.91 Å². The van der Waals surface area contributed by atoms with E-state index in [9.17, 15) is 4.79 Å². The van der Waals surface area contributed by atoms with Crippen LogP contribution in [-0.4, -0.2) is 30.5 Å². The third-order valence-corrected chi connectivity index (χ3v) is 5.19. The van der Waals surface area contributed by atoms with E-state index < -0.39 is 0 Å². The van der Waals surface area contributed by atoms with Gasteiger partial charge < -0.3 is 10.6 Å². The maximum Gasteiger partial charge on any atom is 0.251 e. The molecule has 0 radical (unpaired) electrons. The molecule has 2 aromatic rings. The van der Waals surface area contributed by atoms with Gasteiger partial charge in [-0.15, -0.1) is 11.3 Å². The molecule has 0 aliphatic carbocycles. The molecule has 1 atom stereocenters. The highest BCUT2D eigenvalue weighted by molar-refractivity contribution is 7.09. The SMILES string of the molecule is Cc1csc(CCNC(=O)c2cccc(CC3CCNC3)c2)n1. The molecule has 1 aromatic heterocycles. The van der Waals surface area contributed by atoms with Crippen LogP contribution in [0.3, 0.4) is 0 Å². The second-order valence-electron chi connectivity index (χ2n) is 6.15. The molecule has 1 amide bonds. The van der Waals surface area contributed by atoms with Crippen LogP contribution in [0, 0.1) is 12.8 Å². The van der Waals surface area contributed by atoms with Crippen LogP contribution in [-0.2, 0) is 12.8 Å². The van der Waals surface area contributed by atoms with E-state index in [-0.39, 0.29) is 5.91 Å². The number of nitrogens with one attached hydrogen (secondary N) is 2. The molecule has 4 nitrogen and oxygen atoms in total. The summed E-state index contributed by atoms with van der Waals surface area (Å²) in [7, 11) is 0. The molecule has 122 valence electrons. The Hall–Kier alpha value is -1.72. The Balaban J connectivity index is 1.52. The Morgan fingerprint density at radius 1 is 1.48 bits per heavy atom. The summed E-state index contributed by atoms with van der Waals surface area (Å²) >= 11 is 1.65. The molecule has 0 bridgehead atoms. The molecular formula is C18H23N3OS. The van der Waals surface area contributed by atoms with Gasteiger partial charge in [-0.25, -0.2) is 4.98 Å². The average Bonchev–Trinajstić information content (AvgIpc) is 3.19. The molecule has 23 heavy (non-hydrogen) atoms. The minimum Gasteiger partial charge on any atom is -0.352 e. The zero-order valence-electron chi connectivity index (χ0n) is 13.5. The highest BCUT2D eigenvalue weighted by Gasteiger charge is 2.15. The van der Waals surface area contributed by atoms with Crippen molar-refractivity contribution in [1.29, 1.82) is 0 Å². The van der Waals surface area contributed by atoms with E-state index in [0.717, 1.165) is 42.2 Å². The molecular weight excluding hydrogens is 306 g/mol. The Bertz CT molecular complexity index is 662. The molecule has 0 saturated carbocycles. The molecule has 1 saturated heterocycles. The molecule has 1 fully saturated rings. The van der Waals surface area contributed by atoms with Gasteiger partial charge in [0.15, 0.2) is 0 Å². The van der Waals surface area contributed by atoms with Crippen LogP contribution in [0.4, 0.5) is 0 Å². The van der Waals surface area contributed by atoms with E-state index in [0.29, 0.717) is 12.5 Å². The van der Waals surface area contributed by atoms with E-state index in [4.69, 9.17) is 0 Å². The maximum absolute atomic E-state index is 12.3. The number of thiazole rings is 1. The number of aryl methyl sites for hydroxylation is 1. The first-order chi connectivity index (χ1) is 11.2. The van der Waals surface area contributed by atoms with Crippen molar-refractivity contribution in [3.63, 3.8) is 0 Å². The second-order valence-corrected chi connectivity index (χ2v) is 7.09. The lowest BCUT2D eigenvalue weighted by molar-refractivity contribution is 0.0954. The Morgan fingerprint density at radius 2 is 2.39 bits per heavy atom. The van der Waals surface area contributed by atoms with Gasteiger partial charge in [-0.3, -0.25) is 4.79 Å². The van der Waals surface area contributed by atoms with Gasteiger partial charge in [0.05, 0.1) is 5.01 Å². The summed E-state index contributed by atoms with van der Waals surface area (Å²) in [5, 5.41) is 9.50. The number of nitrogens with zero attached hydrogens (tertiary/aromatic N) is 1. The van der Waals surface area contributed by atoms with E-state index in [1.54, 1.807) is 11.3 Å². The minimum atomic E-state index is 0.00433. The van der Waals surface area contributed by atoms with Gasteiger partial charge in [0.1, 0.15) is 0 Å². The van der Waals surface area contributed by atoms with Crippen LogP contribution < -0.4 is 10.6 Å². The summed E-state index contributed by atoms with van der Waals surface area (Å²) in [6, 6.07) is 8.02. The molecule has 1 aliphatic heterocycles. The lowest BCUT2D eigenvalue weighted by Crippen LogP contribution is -2.25. The fourth-order valence-electron chi connectivity index (χ4n) is 2.96. The summed E-state index contributed by atoms with van der Waals surface area (Å²) in [5.74, 6) is 0.700. The predicted molar refractivity (Wildman–Crippen MR) is 94.0 cm³/mol. The first kappa shape index (κ1) is 16.1. The summed E-state index contributed by atoms with van der Waals surface area (Å²) in [4.78, 5) is 16.7. The van der Waals surface area contributed by atoms with Crippen LogP contribution in [0.1, 0.15) is 33.0 Å². The minimum absolute atomic E-state index is 0.00433. The van der Waals surface area contributed by atoms with Crippen molar-refractivity contribution >= 4 is 17.2 Å². The number of hydrogen-bond acceptors (Lipinski definition) is 4. The van der Waals surface area contributed by atoms with Crippen molar-refractivity contribution in [2.75, 3.05) is 19.6 Å². The van der Waals surface area contributed by atoms with Crippen molar-refractivity contribution in [2.45, 2.75) is 26.2 Å². The summed E-state index contributed by atoms with van der Waals surface area (Å²) in [5.41, 5.74) is 3.05. The van der Waals surface area contributed by atoms with E-state index in [2.05, 4.69) is 21.7 Å². The van der Waals surface area contributed by atoms with Gasteiger partial charge in [0.2, 0.25) is 0 Å². The molecule has 2 N–H and O–H groups in total. The number of rotatable bonds is 6. The molecule has 5 heteroatoms. The fourth-order valence-corrected chi connectivity index (χ4v) is 3.74. The largest absolute Gasteiger partial charge is 0.352 e. The second kappa shape index (κ2) is 7.70. The molecule has 3 rings (SSSR count). The summed E-state index contributed by atoms with van der Waals surface area (Å²) < 4.78 is 0. The molecule has 2 heterocycles. The van der Waals surface area contributed by atoms with Crippen molar-refractivity contribution in [3.8, 4) is 0 Å². The zero-order chi connectivity index (χ0) is 16.1. The number of carbonyl (C=O) groups excluding carboxylic acids is 1. The van der Waals surface area contributed by atoms with Gasteiger partial charge in [-0.1, -0.05) is 12.1 Å². The van der Waals surface area contributed by atoms with Gasteiger partial charge in [-0.05, 0) is 56.5 Å². The maximum atomic E-state index is 12.3. The summed E-state index contributed by atoms with van der Waals surface area (Å²) in [6.07, 6.45) is 3.06. The zero-order valence-corrected chi connectivity index (χ0v) is 14.3. The van der Waals surface area contributed by atoms with Crippen LogP contribution in [0.5, 0.6) is 0 Å². The number of carbonyl (C=O) groups is 1. The van der Waals surface area contributed by atoms with Crippen LogP contribution >= 0.6 is 11.3 Å². The highest BCUT2D eigenvalue weighted by atomic mass is 32.1. The lowest BCUT2D eigenvalue weighted by atomic mass is 9.97. The van der Waals surface area contributed by atoms with E-state index in [1.165, 1.54) is 12.0 Å². The van der Waals surface area contributed by atoms with Crippen molar-refractivity contribution in [1.82, 2.24) is 15.6 Å². The monoisotopic (exact) mass is 329 g/mol. The third-order valence-electron chi connectivity index (χ3n) is 4.17.